The van der Waals surface area contributed by atoms with Gasteiger partial charge in [0.2, 0.25) is 0 Å². The summed E-state index contributed by atoms with van der Waals surface area (Å²) < 4.78 is 6.21. The summed E-state index contributed by atoms with van der Waals surface area (Å²) in [7, 11) is 5.49. The number of hydrogen-bond acceptors (Lipinski definition) is 7. The fourth-order valence-electron chi connectivity index (χ4n) is 4.35. The van der Waals surface area contributed by atoms with Crippen molar-refractivity contribution in [3.8, 4) is 5.75 Å². The highest BCUT2D eigenvalue weighted by Crippen LogP contribution is 2.37. The van der Waals surface area contributed by atoms with Gasteiger partial charge in [0.1, 0.15) is 29.2 Å². The molecule has 0 radical (unpaired) electrons. The van der Waals surface area contributed by atoms with Crippen LogP contribution in [0.5, 0.6) is 5.75 Å². The number of nitrogens with one attached hydrogen (secondary N) is 2. The Kier molecular flexibility index (Phi) is 7.20. The molecule has 0 fully saturated rings. The molecule has 10 heteroatoms. The monoisotopic (exact) mass is 561 g/mol. The van der Waals surface area contributed by atoms with Crippen molar-refractivity contribution in [3.05, 3.63) is 75.6 Å². The summed E-state index contributed by atoms with van der Waals surface area (Å²) in [4.78, 5) is 33.6. The van der Waals surface area contributed by atoms with Gasteiger partial charge in [-0.1, -0.05) is 30.3 Å². The van der Waals surface area contributed by atoms with Gasteiger partial charge < -0.3 is 24.8 Å². The minimum Gasteiger partial charge on any atom is -0.495 e. The predicted octanol–water partition coefficient (Wildman–Crippen LogP) is 4.61. The number of H-pyrrole nitrogens is 1. The van der Waals surface area contributed by atoms with Gasteiger partial charge in [0, 0.05) is 32.9 Å². The number of nitrogens with zero attached hydrogens (tertiary/aromatic N) is 5. The summed E-state index contributed by atoms with van der Waals surface area (Å²) in [5.41, 5.74) is 5.14. The Morgan fingerprint density at radius 2 is 1.97 bits per heavy atom. The molecule has 5 rings (SSSR count). The fourth-order valence-corrected chi connectivity index (χ4v) is 4.99. The first-order chi connectivity index (χ1) is 17.9. The van der Waals surface area contributed by atoms with Crippen molar-refractivity contribution >= 4 is 50.6 Å². The Bertz CT molecular complexity index is 1470. The molecule has 2 N–H and O–H groups in total. The van der Waals surface area contributed by atoms with Crippen molar-refractivity contribution in [2.75, 3.05) is 39.6 Å². The van der Waals surface area contributed by atoms with Crippen molar-refractivity contribution in [3.63, 3.8) is 0 Å². The Hall–Kier alpha value is -3.76. The number of methoxy groups -OCH3 is 1. The van der Waals surface area contributed by atoms with Gasteiger partial charge in [-0.25, -0.2) is 9.97 Å². The predicted molar refractivity (Wildman–Crippen MR) is 149 cm³/mol. The van der Waals surface area contributed by atoms with Crippen LogP contribution in [0.4, 0.5) is 11.5 Å². The zero-order chi connectivity index (χ0) is 25.9. The lowest BCUT2D eigenvalue weighted by molar-refractivity contribution is 0.0776. The van der Waals surface area contributed by atoms with Crippen LogP contribution in [0.15, 0.2) is 58.3 Å². The van der Waals surface area contributed by atoms with Crippen LogP contribution >= 0.6 is 15.9 Å². The van der Waals surface area contributed by atoms with Gasteiger partial charge >= 0.3 is 0 Å². The van der Waals surface area contributed by atoms with Crippen LogP contribution in [0.1, 0.15) is 27.2 Å². The van der Waals surface area contributed by atoms with Crippen LogP contribution in [-0.4, -0.2) is 71.2 Å². The van der Waals surface area contributed by atoms with Crippen LogP contribution in [0.3, 0.4) is 0 Å². The molecule has 0 saturated carbocycles. The third-order valence-electron chi connectivity index (χ3n) is 6.41. The fraction of sp³-hybridized carbons (Fsp3) is 0.259. The van der Waals surface area contributed by atoms with Gasteiger partial charge in [-0.05, 0) is 51.8 Å². The highest BCUT2D eigenvalue weighted by atomic mass is 79.9. The molecule has 0 aliphatic carbocycles. The number of benzene rings is 2. The summed E-state index contributed by atoms with van der Waals surface area (Å²) in [6, 6.07) is 14.3. The van der Waals surface area contributed by atoms with E-state index in [1.165, 1.54) is 11.9 Å². The molecule has 3 heterocycles. The second-order valence-corrected chi connectivity index (χ2v) is 9.85. The Morgan fingerprint density at radius 1 is 1.16 bits per heavy atom. The second-order valence-electron chi connectivity index (χ2n) is 9.06. The van der Waals surface area contributed by atoms with Crippen molar-refractivity contribution in [1.29, 1.82) is 0 Å². The smallest absolute Gasteiger partial charge is 0.271 e. The van der Waals surface area contributed by atoms with Crippen LogP contribution in [-0.2, 0) is 13.1 Å². The molecule has 190 valence electrons. The zero-order valence-electron chi connectivity index (χ0n) is 21.0. The first-order valence-corrected chi connectivity index (χ1v) is 12.7. The Balaban J connectivity index is 1.34. The summed E-state index contributed by atoms with van der Waals surface area (Å²) in [5, 5.41) is 4.05. The molecular formula is C27H28BrN7O2. The molecule has 37 heavy (non-hydrogen) atoms. The number of ether oxygens (including phenoxy) is 1. The van der Waals surface area contributed by atoms with E-state index in [1.54, 1.807) is 19.1 Å². The number of rotatable bonds is 9. The summed E-state index contributed by atoms with van der Waals surface area (Å²) in [6.45, 7) is 2.79. The van der Waals surface area contributed by atoms with Gasteiger partial charge in [0.25, 0.3) is 5.91 Å². The van der Waals surface area contributed by atoms with E-state index in [2.05, 4.69) is 65.3 Å². The molecule has 0 bridgehead atoms. The first kappa shape index (κ1) is 24.9. The number of carbonyl (C=O) groups is 1. The standard InChI is InChI=1S/C27H28BrN7O2/c1-34(15-17-7-5-4-6-8-17)9-10-35(2)27(36)24-23(28)22-25(30-16-31-26(22)33-24)32-20-11-18-13-29-14-19(18)12-21(20)37-3/h4-8,11-13,16H,9-10,14-15H2,1-3H3,(H2,30,31,32,33). The second kappa shape index (κ2) is 10.7. The van der Waals surface area contributed by atoms with Crippen LogP contribution < -0.4 is 10.1 Å². The molecule has 0 saturated heterocycles. The molecule has 1 aliphatic rings. The minimum absolute atomic E-state index is 0.129. The Labute approximate surface area is 223 Å². The van der Waals surface area contributed by atoms with E-state index in [-0.39, 0.29) is 5.91 Å². The largest absolute Gasteiger partial charge is 0.495 e. The number of hydrogen-bond donors (Lipinski definition) is 2. The molecule has 0 unspecified atom stereocenters. The molecule has 2 aromatic carbocycles. The quantitative estimate of drug-likeness (QED) is 0.309. The summed E-state index contributed by atoms with van der Waals surface area (Å²) >= 11 is 3.63. The van der Waals surface area contributed by atoms with Crippen LogP contribution in [0, 0.1) is 0 Å². The lowest BCUT2D eigenvalue weighted by Gasteiger charge is -2.22. The third kappa shape index (κ3) is 5.21. The maximum absolute atomic E-state index is 13.3. The first-order valence-electron chi connectivity index (χ1n) is 11.9. The molecule has 0 spiro atoms. The van der Waals surface area contributed by atoms with Crippen molar-refractivity contribution in [1.82, 2.24) is 24.8 Å². The molecule has 2 aromatic heterocycles. The number of anilines is 2. The zero-order valence-corrected chi connectivity index (χ0v) is 22.5. The van der Waals surface area contributed by atoms with Crippen molar-refractivity contribution < 1.29 is 9.53 Å². The number of halogens is 1. The number of amides is 1. The maximum atomic E-state index is 13.3. The van der Waals surface area contributed by atoms with E-state index in [1.807, 2.05) is 36.5 Å². The van der Waals surface area contributed by atoms with E-state index in [9.17, 15) is 4.79 Å². The van der Waals surface area contributed by atoms with Gasteiger partial charge in [-0.2, -0.15) is 0 Å². The van der Waals surface area contributed by atoms with E-state index in [0.717, 1.165) is 29.9 Å². The van der Waals surface area contributed by atoms with Gasteiger partial charge in [0.05, 0.1) is 29.2 Å². The lowest BCUT2D eigenvalue weighted by Crippen LogP contribution is -2.34. The molecular weight excluding hydrogens is 534 g/mol. The minimum atomic E-state index is -0.129. The van der Waals surface area contributed by atoms with Crippen molar-refractivity contribution in [2.24, 2.45) is 4.99 Å². The van der Waals surface area contributed by atoms with E-state index >= 15 is 0 Å². The highest BCUT2D eigenvalue weighted by Gasteiger charge is 2.23. The number of carbonyl (C=O) groups excluding carboxylic acids is 1. The number of aromatic amines is 1. The number of aliphatic imine (C=N–C) groups is 1. The van der Waals surface area contributed by atoms with Gasteiger partial charge in [-0.15, -0.1) is 0 Å². The highest BCUT2D eigenvalue weighted by molar-refractivity contribution is 9.10. The lowest BCUT2D eigenvalue weighted by atomic mass is 10.1. The topological polar surface area (TPSA) is 98.7 Å². The van der Waals surface area contributed by atoms with E-state index < -0.39 is 0 Å². The van der Waals surface area contributed by atoms with Crippen LogP contribution in [0.2, 0.25) is 0 Å². The third-order valence-corrected chi connectivity index (χ3v) is 7.20. The number of likely N-dealkylation sites (N-methyl/N-ethyl adjacent to an activating group) is 2. The molecule has 9 nitrogen and oxygen atoms in total. The van der Waals surface area contributed by atoms with Crippen LogP contribution in [0.25, 0.3) is 11.0 Å². The average molecular weight is 562 g/mol. The summed E-state index contributed by atoms with van der Waals surface area (Å²) in [5.74, 6) is 1.12. The van der Waals surface area contributed by atoms with Gasteiger partial charge in [0.15, 0.2) is 0 Å². The summed E-state index contributed by atoms with van der Waals surface area (Å²) in [6.07, 6.45) is 3.32. The average Bonchev–Trinajstić information content (AvgIpc) is 3.51. The number of fused-ring (bicyclic) bond motifs is 2. The molecule has 4 aromatic rings. The molecule has 1 amide bonds. The Morgan fingerprint density at radius 3 is 2.76 bits per heavy atom. The van der Waals surface area contributed by atoms with Crippen molar-refractivity contribution in [2.45, 2.75) is 13.1 Å². The normalized spacial score (nSPS) is 12.2. The van der Waals surface area contributed by atoms with E-state index in [0.29, 0.717) is 45.9 Å². The van der Waals surface area contributed by atoms with E-state index in [4.69, 9.17) is 4.74 Å². The van der Waals surface area contributed by atoms with Gasteiger partial charge in [-0.3, -0.25) is 9.79 Å². The molecule has 0 atom stereocenters. The maximum Gasteiger partial charge on any atom is 0.271 e. The number of aromatic nitrogens is 3. The SMILES string of the molecule is COc1cc2c(cc1Nc1ncnc3[nH]c(C(=O)N(C)CCN(C)Cc4ccccc4)c(Br)c13)C=NC2. The molecule has 1 aliphatic heterocycles.